The Labute approximate surface area is 198 Å². The molecule has 1 aliphatic heterocycles. The Morgan fingerprint density at radius 3 is 1.97 bits per heavy atom. The third-order valence-corrected chi connectivity index (χ3v) is 7.96. The molecule has 1 aliphatic rings. The van der Waals surface area contributed by atoms with E-state index in [4.69, 9.17) is 4.74 Å². The molecule has 182 valence electrons. The first-order valence-electron chi connectivity index (χ1n) is 13.2. The van der Waals surface area contributed by atoms with E-state index in [0.717, 1.165) is 59.5 Å². The second-order valence-electron chi connectivity index (χ2n) is 11.5. The number of fused-ring (bicyclic) bond motifs is 1. The monoisotopic (exact) mass is 443 g/mol. The second kappa shape index (κ2) is 12.2. The summed E-state index contributed by atoms with van der Waals surface area (Å²) >= 11 is 0. The van der Waals surface area contributed by atoms with Crippen LogP contribution in [-0.4, -0.2) is 5.60 Å². The Morgan fingerprint density at radius 1 is 0.844 bits per heavy atom. The minimum Gasteiger partial charge on any atom is -0.487 e. The van der Waals surface area contributed by atoms with Crippen molar-refractivity contribution in [3.05, 3.63) is 27.2 Å². The van der Waals surface area contributed by atoms with E-state index in [1.54, 1.807) is 0 Å². The number of rotatable bonds is 13. The lowest BCUT2D eigenvalue weighted by atomic mass is 9.83. The molecule has 0 amide bonds. The first kappa shape index (κ1) is 26.9. The van der Waals surface area contributed by atoms with E-state index in [0.29, 0.717) is 5.69 Å². The van der Waals surface area contributed by atoms with Gasteiger partial charge in [-0.15, -0.1) is 4.91 Å². The lowest BCUT2D eigenvalue weighted by Gasteiger charge is -2.38. The van der Waals surface area contributed by atoms with Crippen molar-refractivity contribution in [2.45, 2.75) is 132 Å². The average molecular weight is 444 g/mol. The van der Waals surface area contributed by atoms with Crippen LogP contribution in [-0.2, 0) is 6.42 Å². The summed E-state index contributed by atoms with van der Waals surface area (Å²) in [6.07, 6.45) is 13.9. The van der Waals surface area contributed by atoms with Crippen LogP contribution in [0.3, 0.4) is 0 Å². The molecule has 3 unspecified atom stereocenters. The van der Waals surface area contributed by atoms with Crippen molar-refractivity contribution >= 4 is 5.69 Å². The molecule has 0 saturated heterocycles. The molecular weight excluding hydrogens is 394 g/mol. The fraction of sp³-hybridized carbons (Fsp3) is 0.793. The van der Waals surface area contributed by atoms with Crippen LogP contribution in [0.15, 0.2) is 5.18 Å². The maximum absolute atomic E-state index is 11.3. The molecule has 3 atom stereocenters. The van der Waals surface area contributed by atoms with Gasteiger partial charge in [-0.05, 0) is 98.6 Å². The molecule has 0 spiro atoms. The summed E-state index contributed by atoms with van der Waals surface area (Å²) in [5.41, 5.74) is 4.76. The standard InChI is InChI=1S/C29H49NO2/c1-20(2)12-9-13-21(3)14-10-15-22(4)16-11-18-29(8)19-17-26-25(7)27(30-31)23(5)24(6)28(26)32-29/h20-22H,9-19H2,1-8H3. The van der Waals surface area contributed by atoms with Crippen molar-refractivity contribution in [3.8, 4) is 5.75 Å². The van der Waals surface area contributed by atoms with Crippen molar-refractivity contribution in [3.63, 3.8) is 0 Å². The summed E-state index contributed by atoms with van der Waals surface area (Å²) in [4.78, 5) is 11.3. The van der Waals surface area contributed by atoms with Crippen LogP contribution in [0, 0.1) is 43.4 Å². The highest BCUT2D eigenvalue weighted by atomic mass is 16.5. The molecule has 3 heteroatoms. The normalized spacial score (nSPS) is 20.0. The van der Waals surface area contributed by atoms with Crippen molar-refractivity contribution in [1.29, 1.82) is 0 Å². The topological polar surface area (TPSA) is 38.7 Å². The van der Waals surface area contributed by atoms with Crippen molar-refractivity contribution in [1.82, 2.24) is 0 Å². The third kappa shape index (κ3) is 7.32. The van der Waals surface area contributed by atoms with E-state index >= 15 is 0 Å². The highest BCUT2D eigenvalue weighted by molar-refractivity contribution is 5.65. The molecule has 0 bridgehead atoms. The van der Waals surface area contributed by atoms with Gasteiger partial charge in [0.2, 0.25) is 0 Å². The first-order valence-corrected chi connectivity index (χ1v) is 13.2. The second-order valence-corrected chi connectivity index (χ2v) is 11.5. The van der Waals surface area contributed by atoms with Crippen LogP contribution in [0.2, 0.25) is 0 Å². The number of nitroso groups, excluding NO2 is 1. The highest BCUT2D eigenvalue weighted by Gasteiger charge is 2.34. The Balaban J connectivity index is 1.77. The smallest absolute Gasteiger partial charge is 0.126 e. The molecule has 0 radical (unpaired) electrons. The van der Waals surface area contributed by atoms with Gasteiger partial charge in [-0.3, -0.25) is 0 Å². The van der Waals surface area contributed by atoms with Gasteiger partial charge in [-0.25, -0.2) is 0 Å². The largest absolute Gasteiger partial charge is 0.487 e. The van der Waals surface area contributed by atoms with Gasteiger partial charge in [0.05, 0.1) is 0 Å². The van der Waals surface area contributed by atoms with Gasteiger partial charge >= 0.3 is 0 Å². The lowest BCUT2D eigenvalue weighted by molar-refractivity contribution is 0.0514. The van der Waals surface area contributed by atoms with Crippen LogP contribution in [0.4, 0.5) is 5.69 Å². The van der Waals surface area contributed by atoms with Crippen LogP contribution >= 0.6 is 0 Å². The number of nitrogens with zero attached hydrogens (tertiary/aromatic N) is 1. The van der Waals surface area contributed by atoms with Crippen LogP contribution in [0.25, 0.3) is 0 Å². The molecule has 32 heavy (non-hydrogen) atoms. The zero-order valence-electron chi connectivity index (χ0n) is 22.3. The maximum atomic E-state index is 11.3. The van der Waals surface area contributed by atoms with E-state index in [9.17, 15) is 4.91 Å². The molecule has 1 heterocycles. The molecule has 1 aromatic carbocycles. The SMILES string of the molecule is Cc1c(C)c2c(c(C)c1N=O)CCC(C)(CCCC(C)CCCC(C)CCCC(C)C)O2. The Bertz CT molecular complexity index is 754. The van der Waals surface area contributed by atoms with Crippen molar-refractivity contribution in [2.24, 2.45) is 22.9 Å². The van der Waals surface area contributed by atoms with Gasteiger partial charge in [0, 0.05) is 0 Å². The predicted molar refractivity (Wildman–Crippen MR) is 138 cm³/mol. The summed E-state index contributed by atoms with van der Waals surface area (Å²) in [5.74, 6) is 3.53. The lowest BCUT2D eigenvalue weighted by Crippen LogP contribution is -2.37. The fourth-order valence-electron chi connectivity index (χ4n) is 5.41. The Kier molecular flexibility index (Phi) is 10.2. The van der Waals surface area contributed by atoms with Crippen molar-refractivity contribution < 1.29 is 4.74 Å². The number of hydrogen-bond acceptors (Lipinski definition) is 3. The van der Waals surface area contributed by atoms with E-state index in [1.807, 2.05) is 13.8 Å². The summed E-state index contributed by atoms with van der Waals surface area (Å²) in [5, 5.41) is 3.29. The highest BCUT2D eigenvalue weighted by Crippen LogP contribution is 2.44. The van der Waals surface area contributed by atoms with Gasteiger partial charge in [0.15, 0.2) is 0 Å². The summed E-state index contributed by atoms with van der Waals surface area (Å²) < 4.78 is 6.62. The van der Waals surface area contributed by atoms with E-state index in [-0.39, 0.29) is 5.60 Å². The van der Waals surface area contributed by atoms with Gasteiger partial charge in [0.25, 0.3) is 0 Å². The summed E-state index contributed by atoms with van der Waals surface area (Å²) in [6, 6.07) is 0. The first-order chi connectivity index (χ1) is 15.1. The Morgan fingerprint density at radius 2 is 1.41 bits per heavy atom. The molecule has 2 rings (SSSR count). The quantitative estimate of drug-likeness (QED) is 0.285. The zero-order valence-corrected chi connectivity index (χ0v) is 22.3. The van der Waals surface area contributed by atoms with E-state index in [1.165, 1.54) is 56.9 Å². The minimum atomic E-state index is -0.0998. The fourth-order valence-corrected chi connectivity index (χ4v) is 5.41. The number of ether oxygens (including phenoxy) is 1. The zero-order chi connectivity index (χ0) is 23.9. The van der Waals surface area contributed by atoms with Crippen LogP contribution in [0.5, 0.6) is 5.75 Å². The summed E-state index contributed by atoms with van der Waals surface area (Å²) in [7, 11) is 0. The Hall–Kier alpha value is -1.38. The van der Waals surface area contributed by atoms with Gasteiger partial charge in [-0.1, -0.05) is 72.6 Å². The number of benzene rings is 1. The van der Waals surface area contributed by atoms with Gasteiger partial charge in [0.1, 0.15) is 17.0 Å². The maximum Gasteiger partial charge on any atom is 0.126 e. The van der Waals surface area contributed by atoms with Crippen molar-refractivity contribution in [2.75, 3.05) is 0 Å². The minimum absolute atomic E-state index is 0.0998. The average Bonchev–Trinajstić information content (AvgIpc) is 2.72. The molecule has 0 fully saturated rings. The summed E-state index contributed by atoms with van der Waals surface area (Å²) in [6.45, 7) is 17.9. The molecule has 0 N–H and O–H groups in total. The molecular formula is C29H49NO2. The predicted octanol–water partition coefficient (Wildman–Crippen LogP) is 9.53. The molecule has 0 aromatic heterocycles. The molecule has 3 nitrogen and oxygen atoms in total. The molecule has 0 aliphatic carbocycles. The van der Waals surface area contributed by atoms with E-state index < -0.39 is 0 Å². The molecule has 1 aromatic rings. The molecule has 0 saturated carbocycles. The van der Waals surface area contributed by atoms with Gasteiger partial charge in [-0.2, -0.15) is 0 Å². The van der Waals surface area contributed by atoms with Crippen LogP contribution in [0.1, 0.15) is 121 Å². The third-order valence-electron chi connectivity index (χ3n) is 7.96. The van der Waals surface area contributed by atoms with E-state index in [2.05, 4.69) is 46.7 Å². The van der Waals surface area contributed by atoms with Crippen LogP contribution < -0.4 is 4.74 Å². The number of hydrogen-bond donors (Lipinski definition) is 0. The van der Waals surface area contributed by atoms with Gasteiger partial charge < -0.3 is 4.74 Å².